The maximum absolute atomic E-state index is 12.4. The molecule has 1 N–H and O–H groups in total. The zero-order chi connectivity index (χ0) is 18.7. The largest absolute Gasteiger partial charge is 0.456 e. The van der Waals surface area contributed by atoms with Gasteiger partial charge in [0.2, 0.25) is 15.9 Å². The lowest BCUT2D eigenvalue weighted by atomic mass is 10.2. The molecule has 26 heavy (non-hydrogen) atoms. The number of carbonyl (C=O) groups is 1. The van der Waals surface area contributed by atoms with E-state index in [0.29, 0.717) is 41.6 Å². The van der Waals surface area contributed by atoms with E-state index in [0.717, 1.165) is 6.26 Å². The fraction of sp³-hybridized carbons (Fsp3) is 0.278. The number of nitrogens with one attached hydrogen (secondary N) is 1. The van der Waals surface area contributed by atoms with Crippen LogP contribution in [0.3, 0.4) is 0 Å². The molecule has 6 nitrogen and oxygen atoms in total. The molecule has 1 unspecified atom stereocenters. The summed E-state index contributed by atoms with van der Waals surface area (Å²) in [5.41, 5.74) is 0.571. The summed E-state index contributed by atoms with van der Waals surface area (Å²) in [5, 5.41) is 3.27. The number of ether oxygens (including phenoxy) is 1. The number of para-hydroxylation sites is 1. The van der Waals surface area contributed by atoms with E-state index < -0.39 is 16.1 Å². The Bertz CT molecular complexity index is 900. The smallest absolute Gasteiger partial charge is 0.242 e. The van der Waals surface area contributed by atoms with Gasteiger partial charge in [-0.2, -0.15) is 4.31 Å². The number of anilines is 1. The molecule has 1 heterocycles. The molecule has 1 aliphatic rings. The van der Waals surface area contributed by atoms with Crippen LogP contribution in [0, 0.1) is 0 Å². The number of halogens is 1. The number of hydrogen-bond donors (Lipinski definition) is 1. The van der Waals surface area contributed by atoms with Crippen LogP contribution in [0.15, 0.2) is 48.5 Å². The lowest BCUT2D eigenvalue weighted by molar-refractivity contribution is -0.119. The van der Waals surface area contributed by atoms with Gasteiger partial charge in [-0.05, 0) is 49.2 Å². The van der Waals surface area contributed by atoms with Crippen molar-refractivity contribution < 1.29 is 17.9 Å². The first-order valence-electron chi connectivity index (χ1n) is 8.15. The van der Waals surface area contributed by atoms with Gasteiger partial charge in [0.05, 0.1) is 11.3 Å². The predicted molar refractivity (Wildman–Crippen MR) is 101 cm³/mol. The third kappa shape index (κ3) is 4.35. The lowest BCUT2D eigenvalue weighted by Gasteiger charge is -2.21. The number of carbonyl (C=O) groups excluding carboxylic acids is 1. The molecule has 3 rings (SSSR count). The fourth-order valence-corrected chi connectivity index (χ4v) is 4.18. The number of benzene rings is 2. The highest BCUT2D eigenvalue weighted by molar-refractivity contribution is 7.88. The molecule has 8 heteroatoms. The van der Waals surface area contributed by atoms with Crippen LogP contribution in [0.5, 0.6) is 11.5 Å². The molecule has 0 aliphatic carbocycles. The van der Waals surface area contributed by atoms with Crippen LogP contribution < -0.4 is 10.1 Å². The molecule has 0 bridgehead atoms. The normalized spacial score (nSPS) is 17.8. The number of hydrogen-bond acceptors (Lipinski definition) is 4. The molecule has 2 aromatic rings. The van der Waals surface area contributed by atoms with E-state index in [9.17, 15) is 13.2 Å². The Hall–Kier alpha value is -2.09. The molecule has 0 spiro atoms. The highest BCUT2D eigenvalue weighted by Crippen LogP contribution is 2.29. The van der Waals surface area contributed by atoms with Gasteiger partial charge < -0.3 is 10.1 Å². The summed E-state index contributed by atoms with van der Waals surface area (Å²) < 4.78 is 30.5. The predicted octanol–water partition coefficient (Wildman–Crippen LogP) is 3.49. The number of rotatable bonds is 5. The first kappa shape index (κ1) is 18.7. The molecule has 0 radical (unpaired) electrons. The molecule has 0 aromatic heterocycles. The van der Waals surface area contributed by atoms with Gasteiger partial charge in [-0.25, -0.2) is 8.42 Å². The van der Waals surface area contributed by atoms with Gasteiger partial charge in [0.15, 0.2) is 0 Å². The first-order chi connectivity index (χ1) is 12.3. The second kappa shape index (κ2) is 7.65. The van der Waals surface area contributed by atoms with E-state index in [1.807, 2.05) is 12.1 Å². The van der Waals surface area contributed by atoms with Gasteiger partial charge in [0.25, 0.3) is 0 Å². The van der Waals surface area contributed by atoms with Gasteiger partial charge >= 0.3 is 0 Å². The minimum absolute atomic E-state index is 0.326. The number of nitrogens with zero attached hydrogens (tertiary/aromatic N) is 1. The molecule has 1 aliphatic heterocycles. The van der Waals surface area contributed by atoms with Crippen molar-refractivity contribution in [2.24, 2.45) is 0 Å². The summed E-state index contributed by atoms with van der Waals surface area (Å²) in [5.74, 6) is 0.795. The van der Waals surface area contributed by atoms with E-state index in [1.165, 1.54) is 4.31 Å². The summed E-state index contributed by atoms with van der Waals surface area (Å²) in [6.45, 7) is 0.377. The van der Waals surface area contributed by atoms with E-state index in [2.05, 4.69) is 5.32 Å². The van der Waals surface area contributed by atoms with Gasteiger partial charge in [0.1, 0.15) is 17.5 Å². The Labute approximate surface area is 157 Å². The molecular weight excluding hydrogens is 376 g/mol. The second-order valence-electron chi connectivity index (χ2n) is 6.08. The third-order valence-electron chi connectivity index (χ3n) is 4.12. The minimum atomic E-state index is -3.39. The quantitative estimate of drug-likeness (QED) is 0.842. The van der Waals surface area contributed by atoms with Crippen LogP contribution in [0.1, 0.15) is 12.8 Å². The third-order valence-corrected chi connectivity index (χ3v) is 5.72. The van der Waals surface area contributed by atoms with E-state index in [4.69, 9.17) is 16.3 Å². The average Bonchev–Trinajstić information content (AvgIpc) is 3.09. The Morgan fingerprint density at radius 2 is 1.88 bits per heavy atom. The standard InChI is InChI=1S/C18H19ClN2O4S/c1-26(23,24)21-12-4-6-16(21)18(22)20-13-8-10-14(11-9-13)25-17-7-3-2-5-15(17)19/h2-3,5,7-11,16H,4,6,12H2,1H3,(H,20,22). The fourth-order valence-electron chi connectivity index (χ4n) is 2.89. The number of amides is 1. The van der Waals surface area contributed by atoms with Crippen LogP contribution in [-0.2, 0) is 14.8 Å². The van der Waals surface area contributed by atoms with Gasteiger partial charge in [-0.3, -0.25) is 4.79 Å². The topological polar surface area (TPSA) is 75.7 Å². The molecular formula is C18H19ClN2O4S. The maximum atomic E-state index is 12.4. The summed E-state index contributed by atoms with van der Waals surface area (Å²) >= 11 is 6.06. The van der Waals surface area contributed by atoms with Crippen molar-refractivity contribution in [2.45, 2.75) is 18.9 Å². The molecule has 1 atom stereocenters. The van der Waals surface area contributed by atoms with E-state index in [-0.39, 0.29) is 5.91 Å². The van der Waals surface area contributed by atoms with E-state index >= 15 is 0 Å². The van der Waals surface area contributed by atoms with Crippen molar-refractivity contribution in [1.29, 1.82) is 0 Å². The summed E-state index contributed by atoms with van der Waals surface area (Å²) in [7, 11) is -3.39. The monoisotopic (exact) mass is 394 g/mol. The second-order valence-corrected chi connectivity index (χ2v) is 8.42. The molecule has 1 saturated heterocycles. The molecule has 1 amide bonds. The van der Waals surface area contributed by atoms with E-state index in [1.54, 1.807) is 36.4 Å². The summed E-state index contributed by atoms with van der Waals surface area (Å²) in [4.78, 5) is 12.4. The van der Waals surface area contributed by atoms with Crippen LogP contribution in [-0.4, -0.2) is 37.5 Å². The van der Waals surface area contributed by atoms with Crippen LogP contribution in [0.25, 0.3) is 0 Å². The average molecular weight is 395 g/mol. The van der Waals surface area contributed by atoms with Crippen LogP contribution >= 0.6 is 11.6 Å². The summed E-state index contributed by atoms with van der Waals surface area (Å²) in [6.07, 6.45) is 2.32. The van der Waals surface area contributed by atoms with Crippen molar-refractivity contribution in [3.63, 3.8) is 0 Å². The van der Waals surface area contributed by atoms with Crippen molar-refractivity contribution in [2.75, 3.05) is 18.1 Å². The SMILES string of the molecule is CS(=O)(=O)N1CCCC1C(=O)Nc1ccc(Oc2ccccc2Cl)cc1. The van der Waals surface area contributed by atoms with Gasteiger partial charge in [0, 0.05) is 12.2 Å². The van der Waals surface area contributed by atoms with Gasteiger partial charge in [-0.15, -0.1) is 0 Å². The molecule has 138 valence electrons. The zero-order valence-electron chi connectivity index (χ0n) is 14.2. The zero-order valence-corrected chi connectivity index (χ0v) is 15.8. The van der Waals surface area contributed by atoms with Crippen molar-refractivity contribution in [3.05, 3.63) is 53.6 Å². The summed E-state index contributed by atoms with van der Waals surface area (Å²) in [6, 6.07) is 13.3. The molecule has 0 saturated carbocycles. The first-order valence-corrected chi connectivity index (χ1v) is 10.4. The Morgan fingerprint density at radius 1 is 1.19 bits per heavy atom. The maximum Gasteiger partial charge on any atom is 0.242 e. The molecule has 2 aromatic carbocycles. The van der Waals surface area contributed by atoms with Crippen molar-refractivity contribution >= 4 is 33.2 Å². The van der Waals surface area contributed by atoms with Crippen LogP contribution in [0.2, 0.25) is 5.02 Å². The van der Waals surface area contributed by atoms with Crippen molar-refractivity contribution in [3.8, 4) is 11.5 Å². The number of sulfonamides is 1. The Balaban J connectivity index is 1.66. The van der Waals surface area contributed by atoms with Gasteiger partial charge in [-0.1, -0.05) is 23.7 Å². The van der Waals surface area contributed by atoms with Crippen molar-refractivity contribution in [1.82, 2.24) is 4.31 Å². The molecule has 1 fully saturated rings. The lowest BCUT2D eigenvalue weighted by Crippen LogP contribution is -2.42. The highest BCUT2D eigenvalue weighted by Gasteiger charge is 2.36. The minimum Gasteiger partial charge on any atom is -0.456 e. The van der Waals surface area contributed by atoms with Crippen LogP contribution in [0.4, 0.5) is 5.69 Å². The highest BCUT2D eigenvalue weighted by atomic mass is 35.5. The Kier molecular flexibility index (Phi) is 5.50. The Morgan fingerprint density at radius 3 is 2.54 bits per heavy atom.